The van der Waals surface area contributed by atoms with Gasteiger partial charge in [-0.15, -0.1) is 0 Å². The van der Waals surface area contributed by atoms with Crippen LogP contribution in [0.1, 0.15) is 39.2 Å². The van der Waals surface area contributed by atoms with E-state index in [2.05, 4.69) is 19.0 Å². The van der Waals surface area contributed by atoms with E-state index < -0.39 is 0 Å². The van der Waals surface area contributed by atoms with Crippen molar-refractivity contribution in [3.05, 3.63) is 33.3 Å². The van der Waals surface area contributed by atoms with E-state index in [1.165, 1.54) is 0 Å². The van der Waals surface area contributed by atoms with Gasteiger partial charge in [-0.2, -0.15) is 0 Å². The molecule has 146 valence electrons. The molecule has 4 nitrogen and oxygen atoms in total. The summed E-state index contributed by atoms with van der Waals surface area (Å²) >= 11 is 17.4. The van der Waals surface area contributed by atoms with Crippen molar-refractivity contribution in [3.63, 3.8) is 0 Å². The van der Waals surface area contributed by atoms with Gasteiger partial charge in [-0.3, -0.25) is 0 Å². The van der Waals surface area contributed by atoms with Crippen LogP contribution < -0.4 is 9.47 Å². The smallest absolute Gasteiger partial charge is 0.141 e. The van der Waals surface area contributed by atoms with Gasteiger partial charge in [0.1, 0.15) is 29.2 Å². The Balaban J connectivity index is 2.39. The molecule has 1 aromatic carbocycles. The summed E-state index contributed by atoms with van der Waals surface area (Å²) < 4.78 is 11.5. The van der Waals surface area contributed by atoms with Crippen LogP contribution in [0, 0.1) is 12.8 Å². The third-order valence-corrected chi connectivity index (χ3v) is 4.20. The van der Waals surface area contributed by atoms with Crippen LogP contribution >= 0.6 is 34.8 Å². The fraction of sp³-hybridized carbons (Fsp3) is 0.526. The molecular weight excluding hydrogens is 397 g/mol. The van der Waals surface area contributed by atoms with E-state index >= 15 is 0 Å². The zero-order valence-electron chi connectivity index (χ0n) is 15.7. The van der Waals surface area contributed by atoms with Gasteiger partial charge in [0.25, 0.3) is 0 Å². The van der Waals surface area contributed by atoms with Gasteiger partial charge in [0.15, 0.2) is 0 Å². The van der Waals surface area contributed by atoms with E-state index in [0.717, 1.165) is 24.1 Å². The number of rotatable bonds is 11. The van der Waals surface area contributed by atoms with Crippen molar-refractivity contribution in [2.24, 2.45) is 11.1 Å². The Morgan fingerprint density at radius 3 is 2.46 bits per heavy atom. The lowest BCUT2D eigenvalue weighted by Gasteiger charge is -2.13. The molecule has 0 spiro atoms. The topological polar surface area (TPSA) is 40.0 Å². The van der Waals surface area contributed by atoms with Crippen LogP contribution in [0.5, 0.6) is 11.5 Å². The second-order valence-corrected chi connectivity index (χ2v) is 7.55. The van der Waals surface area contributed by atoms with Gasteiger partial charge in [0, 0.05) is 6.07 Å². The van der Waals surface area contributed by atoms with Gasteiger partial charge in [0.2, 0.25) is 0 Å². The number of nitrogens with zero attached hydrogens (tertiary/aromatic N) is 1. The Hall–Kier alpha value is -1.10. The van der Waals surface area contributed by atoms with Crippen LogP contribution in [0.15, 0.2) is 27.9 Å². The fourth-order valence-corrected chi connectivity index (χ4v) is 2.30. The summed E-state index contributed by atoms with van der Waals surface area (Å²) in [6.45, 7) is 9.46. The van der Waals surface area contributed by atoms with Crippen molar-refractivity contribution in [2.45, 2.75) is 40.5 Å². The average Bonchev–Trinajstić information content (AvgIpc) is 2.55. The summed E-state index contributed by atoms with van der Waals surface area (Å²) in [4.78, 5) is 5.29. The maximum absolute atomic E-state index is 6.29. The third kappa shape index (κ3) is 9.02. The fourth-order valence-electron chi connectivity index (χ4n) is 1.86. The van der Waals surface area contributed by atoms with Crippen LogP contribution in [0.4, 0.5) is 0 Å². The van der Waals surface area contributed by atoms with E-state index in [1.807, 2.05) is 19.9 Å². The van der Waals surface area contributed by atoms with Crippen molar-refractivity contribution in [1.82, 2.24) is 0 Å². The number of benzene rings is 1. The molecule has 0 N–H and O–H groups in total. The van der Waals surface area contributed by atoms with Gasteiger partial charge < -0.3 is 14.3 Å². The van der Waals surface area contributed by atoms with Crippen LogP contribution in [-0.4, -0.2) is 25.5 Å². The molecule has 7 heteroatoms. The Bertz CT molecular complexity index is 603. The number of oxime groups is 1. The van der Waals surface area contributed by atoms with Gasteiger partial charge in [-0.05, 0) is 50.3 Å². The molecular formula is C19H26Cl3NO3. The number of hydrogen-bond acceptors (Lipinski definition) is 4. The second kappa shape index (κ2) is 12.3. The minimum absolute atomic E-state index is 0.168. The van der Waals surface area contributed by atoms with Crippen molar-refractivity contribution < 1.29 is 14.3 Å². The van der Waals surface area contributed by atoms with Crippen LogP contribution in [0.2, 0.25) is 5.02 Å². The lowest BCUT2D eigenvalue weighted by molar-refractivity contribution is 0.134. The molecule has 0 amide bonds. The summed E-state index contributed by atoms with van der Waals surface area (Å²) in [7, 11) is 0. The number of ether oxygens (including phenoxy) is 2. The van der Waals surface area contributed by atoms with Crippen LogP contribution in [0.3, 0.4) is 0 Å². The number of aryl methyl sites for hydroxylation is 1. The molecule has 0 saturated carbocycles. The van der Waals surface area contributed by atoms with Gasteiger partial charge in [-0.25, -0.2) is 0 Å². The van der Waals surface area contributed by atoms with Crippen molar-refractivity contribution >= 4 is 40.5 Å². The van der Waals surface area contributed by atoms with Crippen molar-refractivity contribution in [2.75, 3.05) is 19.8 Å². The molecule has 0 aliphatic heterocycles. The monoisotopic (exact) mass is 421 g/mol. The van der Waals surface area contributed by atoms with E-state index in [0.29, 0.717) is 35.7 Å². The number of hydrogen-bond donors (Lipinski definition) is 0. The largest absolute Gasteiger partial charge is 0.492 e. The van der Waals surface area contributed by atoms with E-state index in [9.17, 15) is 0 Å². The van der Waals surface area contributed by atoms with Crippen molar-refractivity contribution in [1.29, 1.82) is 0 Å². The molecule has 0 aliphatic rings. The summed E-state index contributed by atoms with van der Waals surface area (Å²) in [5, 5.41) is 4.58. The van der Waals surface area contributed by atoms with Gasteiger partial charge in [0.05, 0.1) is 17.3 Å². The first kappa shape index (κ1) is 22.9. The van der Waals surface area contributed by atoms with Crippen LogP contribution in [0.25, 0.3) is 0 Å². The Morgan fingerprint density at radius 1 is 1.15 bits per heavy atom. The summed E-state index contributed by atoms with van der Waals surface area (Å²) in [5.74, 6) is 1.70. The molecule has 0 saturated heterocycles. The standard InChI is InChI=1S/C19H26Cl3NO3/c1-13(2)15(4)23-26-9-6-5-8-25-19-14(3)11-16(12-17(19)20)24-10-7-18(21)22/h7,11-13H,5-6,8-10H2,1-4H3. The SMILES string of the molecule is CC(=NOCCCCOc1c(C)cc(OCC=C(Cl)Cl)cc1Cl)C(C)C. The molecule has 1 aromatic rings. The maximum Gasteiger partial charge on any atom is 0.141 e. The highest BCUT2D eigenvalue weighted by molar-refractivity contribution is 6.55. The summed E-state index contributed by atoms with van der Waals surface area (Å²) in [6.07, 6.45) is 3.27. The minimum Gasteiger partial charge on any atom is -0.492 e. The molecule has 0 aromatic heterocycles. The predicted octanol–water partition coefficient (Wildman–Crippen LogP) is 6.55. The molecule has 0 heterocycles. The summed E-state index contributed by atoms with van der Waals surface area (Å²) in [5.41, 5.74) is 1.90. The number of halogens is 3. The maximum atomic E-state index is 6.29. The lowest BCUT2D eigenvalue weighted by atomic mass is 10.1. The summed E-state index contributed by atoms with van der Waals surface area (Å²) in [6, 6.07) is 3.58. The normalized spacial score (nSPS) is 11.5. The Labute approximate surface area is 171 Å². The van der Waals surface area contributed by atoms with E-state index in [1.54, 1.807) is 12.1 Å². The van der Waals surface area contributed by atoms with Crippen LogP contribution in [-0.2, 0) is 4.84 Å². The van der Waals surface area contributed by atoms with Crippen molar-refractivity contribution in [3.8, 4) is 11.5 Å². The molecule has 1 rings (SSSR count). The first-order chi connectivity index (χ1) is 12.3. The molecule has 0 bridgehead atoms. The molecule has 0 atom stereocenters. The molecule has 0 unspecified atom stereocenters. The van der Waals surface area contributed by atoms with E-state index in [-0.39, 0.29) is 11.1 Å². The van der Waals surface area contributed by atoms with Gasteiger partial charge in [-0.1, -0.05) is 53.8 Å². The second-order valence-electron chi connectivity index (χ2n) is 6.13. The highest BCUT2D eigenvalue weighted by atomic mass is 35.5. The molecule has 26 heavy (non-hydrogen) atoms. The zero-order chi connectivity index (χ0) is 19.5. The Morgan fingerprint density at radius 2 is 1.85 bits per heavy atom. The Kier molecular flexibility index (Phi) is 10.9. The lowest BCUT2D eigenvalue weighted by Crippen LogP contribution is -2.04. The quantitative estimate of drug-likeness (QED) is 0.230. The molecule has 0 fully saturated rings. The zero-order valence-corrected chi connectivity index (χ0v) is 17.9. The van der Waals surface area contributed by atoms with Gasteiger partial charge >= 0.3 is 0 Å². The minimum atomic E-state index is 0.168. The predicted molar refractivity (Wildman–Crippen MR) is 110 cm³/mol. The first-order valence-corrected chi connectivity index (χ1v) is 9.68. The van der Waals surface area contributed by atoms with E-state index in [4.69, 9.17) is 49.1 Å². The molecule has 0 radical (unpaired) electrons. The number of unbranched alkanes of at least 4 members (excludes halogenated alkanes) is 1. The highest BCUT2D eigenvalue weighted by Crippen LogP contribution is 2.33. The first-order valence-electron chi connectivity index (χ1n) is 8.54. The third-order valence-electron chi connectivity index (χ3n) is 3.61. The highest BCUT2D eigenvalue weighted by Gasteiger charge is 2.09. The average molecular weight is 423 g/mol. The molecule has 0 aliphatic carbocycles.